The van der Waals surface area contributed by atoms with E-state index in [0.29, 0.717) is 26.2 Å². The highest BCUT2D eigenvalue weighted by molar-refractivity contribution is 6.35. The van der Waals surface area contributed by atoms with Gasteiger partial charge in [0.05, 0.1) is 0 Å². The van der Waals surface area contributed by atoms with Gasteiger partial charge in [-0.05, 0) is 0 Å². The molecule has 8 nitrogen and oxygen atoms in total. The van der Waals surface area contributed by atoms with Gasteiger partial charge < -0.3 is 15.1 Å². The summed E-state index contributed by atoms with van der Waals surface area (Å²) in [5, 5.41) is 5.14. The lowest BCUT2D eigenvalue weighted by atomic mass is 10.3. The molecule has 2 aliphatic rings. The Hall–Kier alpha value is -1.96. The Labute approximate surface area is 103 Å². The molecule has 0 aliphatic carbocycles. The van der Waals surface area contributed by atoms with Gasteiger partial charge in [0.2, 0.25) is 11.8 Å². The first kappa shape index (κ1) is 12.5. The van der Waals surface area contributed by atoms with Crippen LogP contribution < -0.4 is 10.6 Å². The van der Waals surface area contributed by atoms with Crippen LogP contribution in [0.15, 0.2) is 0 Å². The monoisotopic (exact) mass is 254 g/mol. The second-order valence-electron chi connectivity index (χ2n) is 4.17. The molecular weight excluding hydrogens is 240 g/mol. The molecule has 2 rings (SSSR count). The zero-order chi connectivity index (χ0) is 13.1. The molecule has 0 aromatic carbocycles. The van der Waals surface area contributed by atoms with Crippen LogP contribution in [-0.2, 0) is 19.2 Å². The number of rotatable bonds is 0. The Morgan fingerprint density at radius 1 is 0.889 bits per heavy atom. The Kier molecular flexibility index (Phi) is 3.56. The van der Waals surface area contributed by atoms with Gasteiger partial charge in [0, 0.05) is 26.2 Å². The van der Waals surface area contributed by atoms with Crippen molar-refractivity contribution < 1.29 is 19.2 Å². The summed E-state index contributed by atoms with van der Waals surface area (Å²) >= 11 is 0. The fourth-order valence-electron chi connectivity index (χ4n) is 1.92. The van der Waals surface area contributed by atoms with E-state index in [0.717, 1.165) is 4.90 Å². The van der Waals surface area contributed by atoms with Crippen molar-refractivity contribution in [3.8, 4) is 0 Å². The molecule has 8 heteroatoms. The number of nitrogens with one attached hydrogen (secondary N) is 2. The maximum atomic E-state index is 11.9. The van der Waals surface area contributed by atoms with E-state index < -0.39 is 23.6 Å². The molecule has 0 radical (unpaired) electrons. The number of hydrogen-bond donors (Lipinski definition) is 2. The molecular formula is C10H14N4O4. The number of carbonyl (C=O) groups is 4. The Balaban J connectivity index is 1.99. The summed E-state index contributed by atoms with van der Waals surface area (Å²) in [6, 6.07) is 0. The van der Waals surface area contributed by atoms with Gasteiger partial charge in [0.15, 0.2) is 0 Å². The molecule has 98 valence electrons. The van der Waals surface area contributed by atoms with Gasteiger partial charge >= 0.3 is 11.8 Å². The summed E-state index contributed by atoms with van der Waals surface area (Å²) in [5.41, 5.74) is 0. The van der Waals surface area contributed by atoms with Crippen molar-refractivity contribution in [3.05, 3.63) is 0 Å². The topological polar surface area (TPSA) is 98.8 Å². The molecule has 0 spiro atoms. The maximum absolute atomic E-state index is 11.9. The van der Waals surface area contributed by atoms with Crippen molar-refractivity contribution in [2.45, 2.75) is 0 Å². The van der Waals surface area contributed by atoms with Crippen LogP contribution in [0, 0.1) is 0 Å². The lowest BCUT2D eigenvalue weighted by Gasteiger charge is -2.30. The second-order valence-corrected chi connectivity index (χ2v) is 4.17. The minimum Gasteiger partial charge on any atom is -0.332 e. The summed E-state index contributed by atoms with van der Waals surface area (Å²) in [5.74, 6) is -2.57. The Morgan fingerprint density at radius 2 is 1.39 bits per heavy atom. The van der Waals surface area contributed by atoms with Gasteiger partial charge in [-0.2, -0.15) is 0 Å². The average molecular weight is 254 g/mol. The lowest BCUT2D eigenvalue weighted by molar-refractivity contribution is -0.155. The minimum atomic E-state index is -0.792. The van der Waals surface area contributed by atoms with E-state index in [1.165, 1.54) is 4.90 Å². The predicted octanol–water partition coefficient (Wildman–Crippen LogP) is -3.10. The number of nitrogens with zero attached hydrogens (tertiary/aromatic N) is 2. The van der Waals surface area contributed by atoms with Gasteiger partial charge in [0.25, 0.3) is 0 Å². The molecule has 2 aliphatic heterocycles. The zero-order valence-electron chi connectivity index (χ0n) is 9.77. The predicted molar refractivity (Wildman–Crippen MR) is 59.2 cm³/mol. The van der Waals surface area contributed by atoms with E-state index in [2.05, 4.69) is 10.6 Å². The number of piperazine rings is 2. The van der Waals surface area contributed by atoms with Crippen LogP contribution in [-0.4, -0.2) is 72.7 Å². The third kappa shape index (κ3) is 2.65. The van der Waals surface area contributed by atoms with Crippen molar-refractivity contribution in [3.63, 3.8) is 0 Å². The van der Waals surface area contributed by atoms with Crippen LogP contribution in [0.3, 0.4) is 0 Å². The fourth-order valence-corrected chi connectivity index (χ4v) is 1.92. The Bertz CT molecular complexity index is 387. The van der Waals surface area contributed by atoms with Gasteiger partial charge in [-0.25, -0.2) is 0 Å². The van der Waals surface area contributed by atoms with Gasteiger partial charge in [-0.1, -0.05) is 0 Å². The van der Waals surface area contributed by atoms with Crippen LogP contribution >= 0.6 is 0 Å². The molecule has 0 bridgehead atoms. The Morgan fingerprint density at radius 3 is 1.94 bits per heavy atom. The number of imide groups is 1. The average Bonchev–Trinajstić information content (AvgIpc) is 2.37. The third-order valence-corrected chi connectivity index (χ3v) is 2.82. The minimum absolute atomic E-state index is 0.248. The highest BCUT2D eigenvalue weighted by atomic mass is 16.2. The lowest BCUT2D eigenvalue weighted by Crippen LogP contribution is -2.58. The molecule has 0 saturated carbocycles. The molecule has 0 aromatic rings. The SMILES string of the molecule is O=C1CN(C(=O)C(=O)N2CCNCC2)CC(=O)N1. The van der Waals surface area contributed by atoms with Crippen LogP contribution in [0.4, 0.5) is 0 Å². The normalized spacial score (nSPS) is 20.7. The molecule has 2 heterocycles. The number of amides is 4. The summed E-state index contributed by atoms with van der Waals surface area (Å²) in [6.45, 7) is 1.69. The van der Waals surface area contributed by atoms with Gasteiger partial charge in [-0.15, -0.1) is 0 Å². The maximum Gasteiger partial charge on any atom is 0.313 e. The summed E-state index contributed by atoms with van der Waals surface area (Å²) in [4.78, 5) is 48.4. The van der Waals surface area contributed by atoms with Crippen LogP contribution in [0.2, 0.25) is 0 Å². The standard InChI is InChI=1S/C10H14N4O4/c15-7-5-14(6-8(16)12-7)10(18)9(17)13-3-1-11-2-4-13/h11H,1-6H2,(H,12,15,16). The first-order valence-corrected chi connectivity index (χ1v) is 5.69. The number of hydrogen-bond acceptors (Lipinski definition) is 5. The van der Waals surface area contributed by atoms with Crippen LogP contribution in [0.1, 0.15) is 0 Å². The van der Waals surface area contributed by atoms with Crippen molar-refractivity contribution in [1.29, 1.82) is 0 Å². The highest BCUT2D eigenvalue weighted by Crippen LogP contribution is 2.01. The van der Waals surface area contributed by atoms with Gasteiger partial charge in [0.1, 0.15) is 13.1 Å². The van der Waals surface area contributed by atoms with Crippen molar-refractivity contribution in [2.75, 3.05) is 39.3 Å². The first-order valence-electron chi connectivity index (χ1n) is 5.69. The summed E-state index contributed by atoms with van der Waals surface area (Å²) in [6.07, 6.45) is 0. The first-order chi connectivity index (χ1) is 8.58. The molecule has 2 fully saturated rings. The van der Waals surface area contributed by atoms with E-state index in [-0.39, 0.29) is 13.1 Å². The zero-order valence-corrected chi connectivity index (χ0v) is 9.77. The van der Waals surface area contributed by atoms with Gasteiger partial charge in [-0.3, -0.25) is 24.5 Å². The fraction of sp³-hybridized carbons (Fsp3) is 0.600. The number of carbonyl (C=O) groups excluding carboxylic acids is 4. The van der Waals surface area contributed by atoms with E-state index in [1.54, 1.807) is 0 Å². The van der Waals surface area contributed by atoms with E-state index >= 15 is 0 Å². The van der Waals surface area contributed by atoms with Crippen molar-refractivity contribution in [2.24, 2.45) is 0 Å². The smallest absolute Gasteiger partial charge is 0.313 e. The summed E-state index contributed by atoms with van der Waals surface area (Å²) in [7, 11) is 0. The van der Waals surface area contributed by atoms with Crippen molar-refractivity contribution >= 4 is 23.6 Å². The second kappa shape index (κ2) is 5.13. The third-order valence-electron chi connectivity index (χ3n) is 2.82. The molecule has 0 atom stereocenters. The van der Waals surface area contributed by atoms with E-state index in [9.17, 15) is 19.2 Å². The molecule has 4 amide bonds. The van der Waals surface area contributed by atoms with E-state index in [4.69, 9.17) is 0 Å². The van der Waals surface area contributed by atoms with Crippen molar-refractivity contribution in [1.82, 2.24) is 20.4 Å². The van der Waals surface area contributed by atoms with Crippen LogP contribution in [0.5, 0.6) is 0 Å². The highest BCUT2D eigenvalue weighted by Gasteiger charge is 2.33. The molecule has 0 unspecified atom stereocenters. The summed E-state index contributed by atoms with van der Waals surface area (Å²) < 4.78 is 0. The molecule has 2 saturated heterocycles. The molecule has 18 heavy (non-hydrogen) atoms. The van der Waals surface area contributed by atoms with E-state index in [1.807, 2.05) is 0 Å². The largest absolute Gasteiger partial charge is 0.332 e. The molecule has 2 N–H and O–H groups in total. The van der Waals surface area contributed by atoms with Crippen LogP contribution in [0.25, 0.3) is 0 Å². The quantitative estimate of drug-likeness (QED) is 0.352. The molecule has 0 aromatic heterocycles.